The molecule has 0 bridgehead atoms. The van der Waals surface area contributed by atoms with Crippen LogP contribution in [0.25, 0.3) is 11.4 Å². The third-order valence-electron chi connectivity index (χ3n) is 3.79. The molecule has 0 unspecified atom stereocenters. The number of urea groups is 1. The van der Waals surface area contributed by atoms with Gasteiger partial charge in [0.15, 0.2) is 0 Å². The summed E-state index contributed by atoms with van der Waals surface area (Å²) in [6.45, 7) is 5.01. The first kappa shape index (κ1) is 18.0. The monoisotopic (exact) mass is 330 g/mol. The fourth-order valence-corrected chi connectivity index (χ4v) is 2.47. The van der Waals surface area contributed by atoms with Gasteiger partial charge in [-0.15, -0.1) is 0 Å². The number of hydrogen-bond donors (Lipinski definition) is 3. The zero-order valence-electron chi connectivity index (χ0n) is 14.3. The molecule has 2 aromatic rings. The van der Waals surface area contributed by atoms with Gasteiger partial charge in [0.25, 0.3) is 0 Å². The van der Waals surface area contributed by atoms with Crippen LogP contribution in [0, 0.1) is 0 Å². The SMILES string of the molecule is CCCCn1ccnc1-c1cccc(NC(=O)N[C@H](C)CCO)c1. The molecule has 0 aliphatic carbocycles. The Labute approximate surface area is 142 Å². The second-order valence-corrected chi connectivity index (χ2v) is 5.89. The van der Waals surface area contributed by atoms with E-state index in [2.05, 4.69) is 27.1 Å². The molecule has 1 aromatic heterocycles. The van der Waals surface area contributed by atoms with Crippen LogP contribution in [0.1, 0.15) is 33.1 Å². The van der Waals surface area contributed by atoms with Crippen LogP contribution in [-0.4, -0.2) is 33.3 Å². The van der Waals surface area contributed by atoms with Gasteiger partial charge in [-0.1, -0.05) is 25.5 Å². The largest absolute Gasteiger partial charge is 0.396 e. The third kappa shape index (κ3) is 5.09. The lowest BCUT2D eigenvalue weighted by Gasteiger charge is -2.14. The van der Waals surface area contributed by atoms with E-state index in [1.54, 1.807) is 6.20 Å². The Hall–Kier alpha value is -2.34. The maximum Gasteiger partial charge on any atom is 0.319 e. The van der Waals surface area contributed by atoms with Crippen molar-refractivity contribution in [3.8, 4) is 11.4 Å². The Kier molecular flexibility index (Phi) is 6.81. The van der Waals surface area contributed by atoms with E-state index >= 15 is 0 Å². The predicted octanol–water partition coefficient (Wildman–Crippen LogP) is 3.24. The molecule has 3 N–H and O–H groups in total. The lowest BCUT2D eigenvalue weighted by atomic mass is 10.2. The van der Waals surface area contributed by atoms with Crippen LogP contribution in [0.2, 0.25) is 0 Å². The topological polar surface area (TPSA) is 79.2 Å². The van der Waals surface area contributed by atoms with Gasteiger partial charge in [-0.05, 0) is 31.9 Å². The number of hydrogen-bond acceptors (Lipinski definition) is 3. The fraction of sp³-hybridized carbons (Fsp3) is 0.444. The Morgan fingerprint density at radius 3 is 3.00 bits per heavy atom. The van der Waals surface area contributed by atoms with E-state index in [1.165, 1.54) is 0 Å². The summed E-state index contributed by atoms with van der Waals surface area (Å²) in [5, 5.41) is 14.5. The average molecular weight is 330 g/mol. The molecule has 1 heterocycles. The number of unbranched alkanes of at least 4 members (excludes halogenated alkanes) is 1. The second-order valence-electron chi connectivity index (χ2n) is 5.89. The lowest BCUT2D eigenvalue weighted by molar-refractivity contribution is 0.241. The number of aryl methyl sites for hydroxylation is 1. The molecule has 0 spiro atoms. The molecule has 0 aliphatic heterocycles. The molecule has 1 aromatic carbocycles. The molecule has 1 atom stereocenters. The van der Waals surface area contributed by atoms with Gasteiger partial charge in [-0.2, -0.15) is 0 Å². The van der Waals surface area contributed by atoms with Crippen LogP contribution in [0.4, 0.5) is 10.5 Å². The van der Waals surface area contributed by atoms with E-state index in [0.29, 0.717) is 12.1 Å². The van der Waals surface area contributed by atoms with E-state index in [4.69, 9.17) is 5.11 Å². The van der Waals surface area contributed by atoms with E-state index in [1.807, 2.05) is 37.4 Å². The fourth-order valence-electron chi connectivity index (χ4n) is 2.47. The highest BCUT2D eigenvalue weighted by Gasteiger charge is 2.09. The minimum absolute atomic E-state index is 0.0529. The Bertz CT molecular complexity index is 654. The van der Waals surface area contributed by atoms with E-state index in [-0.39, 0.29) is 18.7 Å². The van der Waals surface area contributed by atoms with Crippen LogP contribution >= 0.6 is 0 Å². The van der Waals surface area contributed by atoms with Gasteiger partial charge in [-0.25, -0.2) is 9.78 Å². The number of aliphatic hydroxyl groups is 1. The van der Waals surface area contributed by atoms with Crippen molar-refractivity contribution in [2.24, 2.45) is 0 Å². The molecule has 24 heavy (non-hydrogen) atoms. The lowest BCUT2D eigenvalue weighted by Crippen LogP contribution is -2.36. The van der Waals surface area contributed by atoms with Crippen LogP contribution in [-0.2, 0) is 6.54 Å². The number of amides is 2. The third-order valence-corrected chi connectivity index (χ3v) is 3.79. The van der Waals surface area contributed by atoms with Crippen molar-refractivity contribution in [3.05, 3.63) is 36.7 Å². The molecule has 130 valence electrons. The minimum atomic E-state index is -0.276. The zero-order chi connectivity index (χ0) is 17.4. The number of aliphatic hydroxyl groups excluding tert-OH is 1. The summed E-state index contributed by atoms with van der Waals surface area (Å²) in [7, 11) is 0. The number of nitrogens with one attached hydrogen (secondary N) is 2. The van der Waals surface area contributed by atoms with Gasteiger partial charge < -0.3 is 20.3 Å². The van der Waals surface area contributed by atoms with Crippen molar-refractivity contribution in [2.75, 3.05) is 11.9 Å². The number of anilines is 1. The van der Waals surface area contributed by atoms with Gasteiger partial charge in [0.2, 0.25) is 0 Å². The Morgan fingerprint density at radius 2 is 2.25 bits per heavy atom. The summed E-state index contributed by atoms with van der Waals surface area (Å²) in [6.07, 6.45) is 6.54. The van der Waals surface area contributed by atoms with Gasteiger partial charge in [0.05, 0.1) is 0 Å². The van der Waals surface area contributed by atoms with Gasteiger partial charge in [0, 0.05) is 42.8 Å². The molecule has 0 aliphatic rings. The van der Waals surface area contributed by atoms with Crippen molar-refractivity contribution in [2.45, 2.75) is 45.7 Å². The summed E-state index contributed by atoms with van der Waals surface area (Å²) < 4.78 is 2.13. The molecule has 0 saturated heterocycles. The number of aromatic nitrogens is 2. The number of imidazole rings is 1. The van der Waals surface area contributed by atoms with Crippen molar-refractivity contribution >= 4 is 11.7 Å². The van der Waals surface area contributed by atoms with Gasteiger partial charge in [0.1, 0.15) is 5.82 Å². The number of carbonyl (C=O) groups is 1. The smallest absolute Gasteiger partial charge is 0.319 e. The highest BCUT2D eigenvalue weighted by molar-refractivity contribution is 5.90. The molecule has 0 saturated carbocycles. The summed E-state index contributed by atoms with van der Waals surface area (Å²) in [6, 6.07) is 7.30. The summed E-state index contributed by atoms with van der Waals surface area (Å²) in [5.41, 5.74) is 1.68. The maximum atomic E-state index is 12.0. The molecular weight excluding hydrogens is 304 g/mol. The first-order chi connectivity index (χ1) is 11.6. The first-order valence-corrected chi connectivity index (χ1v) is 8.44. The van der Waals surface area contributed by atoms with Crippen LogP contribution < -0.4 is 10.6 Å². The summed E-state index contributed by atoms with van der Waals surface area (Å²) in [4.78, 5) is 16.4. The Balaban J connectivity index is 2.06. The number of rotatable bonds is 8. The molecule has 6 heteroatoms. The quantitative estimate of drug-likeness (QED) is 0.695. The number of benzene rings is 1. The van der Waals surface area contributed by atoms with Gasteiger partial charge >= 0.3 is 6.03 Å². The van der Waals surface area contributed by atoms with E-state index in [0.717, 1.165) is 30.8 Å². The zero-order valence-corrected chi connectivity index (χ0v) is 14.3. The number of nitrogens with zero attached hydrogens (tertiary/aromatic N) is 2. The molecule has 0 fully saturated rings. The molecule has 0 radical (unpaired) electrons. The summed E-state index contributed by atoms with van der Waals surface area (Å²) in [5.74, 6) is 0.904. The number of carbonyl (C=O) groups excluding carboxylic acids is 1. The van der Waals surface area contributed by atoms with Crippen molar-refractivity contribution in [1.82, 2.24) is 14.9 Å². The van der Waals surface area contributed by atoms with Gasteiger partial charge in [-0.3, -0.25) is 0 Å². The van der Waals surface area contributed by atoms with E-state index in [9.17, 15) is 4.79 Å². The molecule has 6 nitrogen and oxygen atoms in total. The predicted molar refractivity (Wildman–Crippen MR) is 95.9 cm³/mol. The highest BCUT2D eigenvalue weighted by atomic mass is 16.3. The van der Waals surface area contributed by atoms with Crippen LogP contribution in [0.5, 0.6) is 0 Å². The van der Waals surface area contributed by atoms with Crippen molar-refractivity contribution in [3.63, 3.8) is 0 Å². The summed E-state index contributed by atoms with van der Waals surface area (Å²) >= 11 is 0. The van der Waals surface area contributed by atoms with Crippen molar-refractivity contribution in [1.29, 1.82) is 0 Å². The highest BCUT2D eigenvalue weighted by Crippen LogP contribution is 2.21. The molecular formula is C18H26N4O2. The van der Waals surface area contributed by atoms with Crippen LogP contribution in [0.3, 0.4) is 0 Å². The van der Waals surface area contributed by atoms with Crippen molar-refractivity contribution < 1.29 is 9.90 Å². The van der Waals surface area contributed by atoms with Crippen LogP contribution in [0.15, 0.2) is 36.7 Å². The minimum Gasteiger partial charge on any atom is -0.396 e. The average Bonchev–Trinajstić information content (AvgIpc) is 3.01. The second kappa shape index (κ2) is 9.08. The standard InChI is InChI=1S/C18H26N4O2/c1-3-4-10-22-11-9-19-17(22)15-6-5-7-16(13-15)21-18(24)20-14(2)8-12-23/h5-7,9,11,13-14,23H,3-4,8,10,12H2,1-2H3,(H2,20,21,24)/t14-/m1/s1. The van der Waals surface area contributed by atoms with E-state index < -0.39 is 0 Å². The molecule has 2 amide bonds. The molecule has 2 rings (SSSR count). The first-order valence-electron chi connectivity index (χ1n) is 8.44. The normalized spacial score (nSPS) is 12.0. The Morgan fingerprint density at radius 1 is 1.42 bits per heavy atom. The maximum absolute atomic E-state index is 12.0.